The molecule has 86 valence electrons. The third-order valence-electron chi connectivity index (χ3n) is 1.81. The fraction of sp³-hybridized carbons (Fsp3) is 0.333. The zero-order valence-electron chi connectivity index (χ0n) is 7.42. The van der Waals surface area contributed by atoms with Gasteiger partial charge in [-0.25, -0.2) is 13.6 Å². The minimum absolute atomic E-state index is 0. The van der Waals surface area contributed by atoms with Gasteiger partial charge < -0.3 is 0 Å². The van der Waals surface area contributed by atoms with Crippen molar-refractivity contribution in [2.45, 2.75) is 25.7 Å². The van der Waals surface area contributed by atoms with Crippen LogP contribution in [0, 0.1) is 0 Å². The Hall–Kier alpha value is -0.290. The summed E-state index contributed by atoms with van der Waals surface area (Å²) in [6.45, 7) is 1.83. The third-order valence-corrected chi connectivity index (χ3v) is 3.66. The monoisotopic (exact) mass is 269 g/mol. The van der Waals surface area contributed by atoms with Gasteiger partial charge in [0.1, 0.15) is 4.90 Å². The van der Waals surface area contributed by atoms with Crippen LogP contribution in [-0.2, 0) is 16.4 Å². The molecule has 0 aliphatic heterocycles. The van der Waals surface area contributed by atoms with E-state index < -0.39 is 10.0 Å². The summed E-state index contributed by atoms with van der Waals surface area (Å²) in [5.41, 5.74) is 0.597. The highest BCUT2D eigenvalue weighted by Gasteiger charge is 2.16. The molecule has 0 radical (unpaired) electrons. The second-order valence-corrected chi connectivity index (χ2v) is 5.05. The predicted octanol–water partition coefficient (Wildman–Crippen LogP) is 2.84. The summed E-state index contributed by atoms with van der Waals surface area (Å²) in [5, 5.41) is 5.54. The topological polar surface area (TPSA) is 60.2 Å². The van der Waals surface area contributed by atoms with Crippen LogP contribution >= 0.6 is 23.2 Å². The van der Waals surface area contributed by atoms with E-state index in [1.165, 1.54) is 12.1 Å². The molecular weight excluding hydrogens is 257 g/mol. The normalized spacial score (nSPS) is 10.9. The van der Waals surface area contributed by atoms with Gasteiger partial charge in [-0.1, -0.05) is 37.6 Å². The van der Waals surface area contributed by atoms with Crippen LogP contribution in [0.5, 0.6) is 0 Å². The minimum Gasteiger partial charge on any atom is -0.225 e. The van der Waals surface area contributed by atoms with Crippen LogP contribution in [0.15, 0.2) is 17.0 Å². The molecule has 0 fully saturated rings. The Morgan fingerprint density at radius 3 is 2.27 bits per heavy atom. The summed E-state index contributed by atoms with van der Waals surface area (Å²) in [7, 11) is -3.77. The van der Waals surface area contributed by atoms with Crippen molar-refractivity contribution in [2.24, 2.45) is 5.14 Å². The van der Waals surface area contributed by atoms with Gasteiger partial charge in [0.05, 0.1) is 5.02 Å². The number of benzene rings is 1. The van der Waals surface area contributed by atoms with E-state index in [1.807, 2.05) is 6.92 Å². The average molecular weight is 270 g/mol. The molecule has 0 saturated carbocycles. The second-order valence-electron chi connectivity index (χ2n) is 2.74. The maximum atomic E-state index is 11.1. The van der Waals surface area contributed by atoms with Crippen LogP contribution in [0.3, 0.4) is 0 Å². The van der Waals surface area contributed by atoms with E-state index in [-0.39, 0.29) is 17.3 Å². The lowest BCUT2D eigenvalue weighted by Crippen LogP contribution is -2.13. The van der Waals surface area contributed by atoms with Crippen LogP contribution in [0.4, 0.5) is 0 Å². The summed E-state index contributed by atoms with van der Waals surface area (Å²) in [5.74, 6) is 0. The van der Waals surface area contributed by atoms with Gasteiger partial charge in [-0.15, -0.1) is 0 Å². The Morgan fingerprint density at radius 1 is 1.33 bits per heavy atom. The molecule has 0 heterocycles. The van der Waals surface area contributed by atoms with Crippen molar-refractivity contribution in [3.8, 4) is 0 Å². The van der Waals surface area contributed by atoms with Crippen molar-refractivity contribution >= 4 is 33.2 Å². The van der Waals surface area contributed by atoms with Crippen LogP contribution in [-0.4, -0.2) is 8.42 Å². The molecule has 3 nitrogen and oxygen atoms in total. The number of rotatable bonds is 2. The quantitative estimate of drug-likeness (QED) is 0.898. The maximum Gasteiger partial charge on any atom is 0.239 e. The highest BCUT2D eigenvalue weighted by atomic mass is 35.5. The van der Waals surface area contributed by atoms with Gasteiger partial charge in [0, 0.05) is 5.02 Å². The first-order valence-electron chi connectivity index (χ1n) is 3.87. The summed E-state index contributed by atoms with van der Waals surface area (Å²) >= 11 is 11.7. The first-order valence-corrected chi connectivity index (χ1v) is 6.17. The molecule has 0 unspecified atom stereocenters. The molecule has 0 aromatic heterocycles. The van der Waals surface area contributed by atoms with Crippen molar-refractivity contribution < 1.29 is 8.42 Å². The van der Waals surface area contributed by atoms with E-state index in [9.17, 15) is 8.42 Å². The molecule has 2 N–H and O–H groups in total. The molecule has 1 rings (SSSR count). The lowest BCUT2D eigenvalue weighted by Gasteiger charge is -2.07. The van der Waals surface area contributed by atoms with Gasteiger partial charge in [0.25, 0.3) is 0 Å². The third kappa shape index (κ3) is 3.08. The van der Waals surface area contributed by atoms with Crippen LogP contribution < -0.4 is 5.14 Å². The molecule has 0 spiro atoms. The first-order chi connectivity index (χ1) is 6.38. The van der Waals surface area contributed by atoms with Crippen molar-refractivity contribution in [2.75, 3.05) is 0 Å². The fourth-order valence-electron chi connectivity index (χ4n) is 1.12. The molecule has 0 bridgehead atoms. The van der Waals surface area contributed by atoms with E-state index in [0.29, 0.717) is 17.0 Å². The van der Waals surface area contributed by atoms with Crippen LogP contribution in [0.1, 0.15) is 19.9 Å². The van der Waals surface area contributed by atoms with E-state index in [1.54, 1.807) is 0 Å². The smallest absolute Gasteiger partial charge is 0.225 e. The number of hydrogen-bond donors (Lipinski definition) is 1. The molecule has 0 saturated heterocycles. The molecule has 0 aliphatic rings. The molecule has 0 atom stereocenters. The molecule has 1 aromatic carbocycles. The SMILES string of the molecule is C.CCc1c(Cl)ccc(S(N)(=O)=O)c1Cl. The summed E-state index contributed by atoms with van der Waals surface area (Å²) in [4.78, 5) is -0.0829. The van der Waals surface area contributed by atoms with Gasteiger partial charge in [0.15, 0.2) is 0 Å². The molecule has 6 heteroatoms. The standard InChI is InChI=1S/C8H9Cl2NO2S.CH4/c1-2-5-6(9)3-4-7(8(5)10)14(11,12)13;/h3-4H,2H2,1H3,(H2,11,12,13);1H4. The largest absolute Gasteiger partial charge is 0.239 e. The molecule has 1 aromatic rings. The fourth-order valence-corrected chi connectivity index (χ4v) is 2.71. The first kappa shape index (κ1) is 14.7. The Morgan fingerprint density at radius 2 is 1.87 bits per heavy atom. The van der Waals surface area contributed by atoms with E-state index in [2.05, 4.69) is 0 Å². The molecule has 15 heavy (non-hydrogen) atoms. The minimum atomic E-state index is -3.77. The van der Waals surface area contributed by atoms with E-state index in [0.717, 1.165) is 0 Å². The Kier molecular flexibility index (Phi) is 5.06. The van der Waals surface area contributed by atoms with Gasteiger partial charge in [-0.3, -0.25) is 0 Å². The highest BCUT2D eigenvalue weighted by Crippen LogP contribution is 2.30. The number of nitrogens with two attached hydrogens (primary N) is 1. The van der Waals surface area contributed by atoms with Gasteiger partial charge >= 0.3 is 0 Å². The van der Waals surface area contributed by atoms with Crippen molar-refractivity contribution in [1.29, 1.82) is 0 Å². The van der Waals surface area contributed by atoms with Gasteiger partial charge in [0.2, 0.25) is 10.0 Å². The van der Waals surface area contributed by atoms with Crippen molar-refractivity contribution in [3.05, 3.63) is 27.7 Å². The number of primary sulfonamides is 1. The lowest BCUT2D eigenvalue weighted by molar-refractivity contribution is 0.597. The van der Waals surface area contributed by atoms with Crippen molar-refractivity contribution in [3.63, 3.8) is 0 Å². The van der Waals surface area contributed by atoms with Crippen LogP contribution in [0.25, 0.3) is 0 Å². The zero-order valence-corrected chi connectivity index (χ0v) is 9.75. The van der Waals surface area contributed by atoms with Crippen LogP contribution in [0.2, 0.25) is 10.0 Å². The lowest BCUT2D eigenvalue weighted by atomic mass is 10.2. The summed E-state index contributed by atoms with van der Waals surface area (Å²) in [6.07, 6.45) is 0.557. The Balaban J connectivity index is 0.00000196. The summed E-state index contributed by atoms with van der Waals surface area (Å²) < 4.78 is 22.2. The average Bonchev–Trinajstić information content (AvgIpc) is 2.02. The number of halogens is 2. The number of hydrogen-bond acceptors (Lipinski definition) is 2. The van der Waals surface area contributed by atoms with E-state index in [4.69, 9.17) is 28.3 Å². The Labute approximate surface area is 100 Å². The Bertz CT molecular complexity index is 457. The second kappa shape index (κ2) is 5.16. The molecule has 0 amide bonds. The molecule has 0 aliphatic carbocycles. The van der Waals surface area contributed by atoms with Gasteiger partial charge in [-0.05, 0) is 24.1 Å². The van der Waals surface area contributed by atoms with E-state index >= 15 is 0 Å². The highest BCUT2D eigenvalue weighted by molar-refractivity contribution is 7.89. The van der Waals surface area contributed by atoms with Gasteiger partial charge in [-0.2, -0.15) is 0 Å². The maximum absolute atomic E-state index is 11.1. The molecular formula is C9H13Cl2NO2S. The number of sulfonamides is 1. The zero-order chi connectivity index (χ0) is 10.9. The predicted molar refractivity (Wildman–Crippen MR) is 63.9 cm³/mol. The van der Waals surface area contributed by atoms with Crippen molar-refractivity contribution in [1.82, 2.24) is 0 Å². The summed E-state index contributed by atoms with van der Waals surface area (Å²) in [6, 6.07) is 2.78.